The average Bonchev–Trinajstić information content (AvgIpc) is 2.08. The molecule has 13 heavy (non-hydrogen) atoms. The van der Waals surface area contributed by atoms with E-state index in [0.717, 1.165) is 5.69 Å². The Morgan fingerprint density at radius 1 is 1.23 bits per heavy atom. The molecule has 0 fully saturated rings. The van der Waals surface area contributed by atoms with Crippen molar-refractivity contribution in [2.75, 3.05) is 11.9 Å². The van der Waals surface area contributed by atoms with E-state index >= 15 is 0 Å². The molecule has 1 aromatic carbocycles. The molecular formula is C10H15NO2. The Kier molecular flexibility index (Phi) is 3.73. The van der Waals surface area contributed by atoms with E-state index in [1.54, 1.807) is 0 Å². The summed E-state index contributed by atoms with van der Waals surface area (Å²) in [5.41, 5.74) is 2.22. The van der Waals surface area contributed by atoms with E-state index in [1.165, 1.54) is 5.56 Å². The summed E-state index contributed by atoms with van der Waals surface area (Å²) in [6, 6.07) is 7.97. The van der Waals surface area contributed by atoms with Crippen LogP contribution in [0.1, 0.15) is 12.0 Å². The smallest absolute Gasteiger partial charge is 0.153 e. The summed E-state index contributed by atoms with van der Waals surface area (Å²) in [7, 11) is 0. The molecule has 3 N–H and O–H groups in total. The number of benzene rings is 1. The first kappa shape index (κ1) is 10.0. The van der Waals surface area contributed by atoms with Crippen molar-refractivity contribution >= 4 is 5.69 Å². The van der Waals surface area contributed by atoms with Crippen LogP contribution in [0.4, 0.5) is 5.69 Å². The summed E-state index contributed by atoms with van der Waals surface area (Å²) >= 11 is 0. The van der Waals surface area contributed by atoms with Gasteiger partial charge >= 0.3 is 0 Å². The van der Waals surface area contributed by atoms with E-state index in [9.17, 15) is 0 Å². The monoisotopic (exact) mass is 181 g/mol. The van der Waals surface area contributed by atoms with Crippen LogP contribution in [-0.2, 0) is 0 Å². The van der Waals surface area contributed by atoms with E-state index in [1.807, 2.05) is 31.2 Å². The summed E-state index contributed by atoms with van der Waals surface area (Å²) in [4.78, 5) is 0. The fourth-order valence-corrected chi connectivity index (χ4v) is 1.02. The normalized spacial score (nSPS) is 10.5. The third-order valence-corrected chi connectivity index (χ3v) is 1.78. The van der Waals surface area contributed by atoms with Crippen LogP contribution in [-0.4, -0.2) is 23.0 Å². The maximum Gasteiger partial charge on any atom is 0.153 e. The van der Waals surface area contributed by atoms with E-state index in [-0.39, 0.29) is 0 Å². The highest BCUT2D eigenvalue weighted by atomic mass is 16.5. The Labute approximate surface area is 78.0 Å². The van der Waals surface area contributed by atoms with Crippen molar-refractivity contribution in [2.45, 2.75) is 19.6 Å². The van der Waals surface area contributed by atoms with Gasteiger partial charge in [-0.2, -0.15) is 0 Å². The van der Waals surface area contributed by atoms with Crippen LogP contribution in [0, 0.1) is 6.92 Å². The third-order valence-electron chi connectivity index (χ3n) is 1.78. The first-order valence-electron chi connectivity index (χ1n) is 4.35. The van der Waals surface area contributed by atoms with Gasteiger partial charge in [-0.3, -0.25) is 0 Å². The molecule has 0 radical (unpaired) electrons. The second-order valence-electron chi connectivity index (χ2n) is 3.06. The van der Waals surface area contributed by atoms with Gasteiger partial charge in [0.25, 0.3) is 0 Å². The average molecular weight is 181 g/mol. The molecule has 0 saturated carbocycles. The Bertz CT molecular complexity index is 244. The van der Waals surface area contributed by atoms with Crippen LogP contribution in [0.3, 0.4) is 0 Å². The van der Waals surface area contributed by atoms with Gasteiger partial charge in [0.05, 0.1) is 0 Å². The zero-order valence-corrected chi connectivity index (χ0v) is 7.70. The molecule has 0 heterocycles. The minimum atomic E-state index is -1.22. The second kappa shape index (κ2) is 4.84. The number of nitrogens with one attached hydrogen (secondary N) is 1. The number of hydrogen-bond donors (Lipinski definition) is 3. The Morgan fingerprint density at radius 3 is 2.38 bits per heavy atom. The number of aliphatic hydroxyl groups excluding tert-OH is 1. The molecule has 0 aromatic heterocycles. The Hall–Kier alpha value is -1.06. The lowest BCUT2D eigenvalue weighted by atomic mass is 10.2. The van der Waals surface area contributed by atoms with Crippen molar-refractivity contribution in [1.82, 2.24) is 0 Å². The van der Waals surface area contributed by atoms with Gasteiger partial charge in [0, 0.05) is 18.7 Å². The highest BCUT2D eigenvalue weighted by Crippen LogP contribution is 2.08. The number of aliphatic hydroxyl groups is 2. The van der Waals surface area contributed by atoms with Crippen LogP contribution in [0.15, 0.2) is 24.3 Å². The molecule has 0 aliphatic heterocycles. The topological polar surface area (TPSA) is 52.5 Å². The lowest BCUT2D eigenvalue weighted by Crippen LogP contribution is -2.11. The predicted octanol–water partition coefficient (Wildman–Crippen LogP) is 1.11. The van der Waals surface area contributed by atoms with Crippen LogP contribution in [0.5, 0.6) is 0 Å². The van der Waals surface area contributed by atoms with Crippen molar-refractivity contribution in [1.29, 1.82) is 0 Å². The van der Waals surface area contributed by atoms with Gasteiger partial charge < -0.3 is 15.5 Å². The van der Waals surface area contributed by atoms with Gasteiger partial charge in [0.2, 0.25) is 0 Å². The fraction of sp³-hybridized carbons (Fsp3) is 0.400. The van der Waals surface area contributed by atoms with Gasteiger partial charge in [-0.05, 0) is 19.1 Å². The molecule has 0 saturated heterocycles. The highest BCUT2D eigenvalue weighted by molar-refractivity contribution is 5.44. The van der Waals surface area contributed by atoms with Crippen molar-refractivity contribution < 1.29 is 10.2 Å². The van der Waals surface area contributed by atoms with Gasteiger partial charge in [-0.15, -0.1) is 0 Å². The second-order valence-corrected chi connectivity index (χ2v) is 3.06. The summed E-state index contributed by atoms with van der Waals surface area (Å²) in [6.45, 7) is 2.60. The standard InChI is InChI=1S/C10H15NO2/c1-8-2-4-9(5-3-8)11-7-6-10(12)13/h2-5,10-13H,6-7H2,1H3. The SMILES string of the molecule is Cc1ccc(NCCC(O)O)cc1. The molecule has 0 spiro atoms. The minimum absolute atomic E-state index is 0.341. The van der Waals surface area contributed by atoms with Gasteiger partial charge in [0.15, 0.2) is 6.29 Å². The van der Waals surface area contributed by atoms with E-state index in [4.69, 9.17) is 10.2 Å². The molecule has 3 heteroatoms. The summed E-state index contributed by atoms with van der Waals surface area (Å²) in [5.74, 6) is 0. The number of hydrogen-bond acceptors (Lipinski definition) is 3. The Morgan fingerprint density at radius 2 is 1.85 bits per heavy atom. The Balaban J connectivity index is 2.33. The molecule has 1 rings (SSSR count). The van der Waals surface area contributed by atoms with Crippen molar-refractivity contribution in [3.63, 3.8) is 0 Å². The molecule has 0 amide bonds. The fourth-order valence-electron chi connectivity index (χ4n) is 1.02. The summed E-state index contributed by atoms with van der Waals surface area (Å²) in [5, 5.41) is 20.3. The molecule has 0 unspecified atom stereocenters. The number of aryl methyl sites for hydroxylation is 1. The summed E-state index contributed by atoms with van der Waals surface area (Å²) < 4.78 is 0. The first-order chi connectivity index (χ1) is 6.18. The van der Waals surface area contributed by atoms with Crippen LogP contribution >= 0.6 is 0 Å². The molecule has 72 valence electrons. The predicted molar refractivity (Wildman–Crippen MR) is 52.5 cm³/mol. The van der Waals surface area contributed by atoms with Gasteiger partial charge in [-0.1, -0.05) is 17.7 Å². The third kappa shape index (κ3) is 3.92. The highest BCUT2D eigenvalue weighted by Gasteiger charge is 1.96. The van der Waals surface area contributed by atoms with Crippen molar-refractivity contribution in [3.05, 3.63) is 29.8 Å². The largest absolute Gasteiger partial charge is 0.385 e. The van der Waals surface area contributed by atoms with Crippen LogP contribution < -0.4 is 5.32 Å². The zero-order valence-electron chi connectivity index (χ0n) is 7.70. The lowest BCUT2D eigenvalue weighted by molar-refractivity contribution is -0.0423. The van der Waals surface area contributed by atoms with Crippen LogP contribution in [0.2, 0.25) is 0 Å². The number of rotatable bonds is 4. The minimum Gasteiger partial charge on any atom is -0.385 e. The lowest BCUT2D eigenvalue weighted by Gasteiger charge is -2.07. The van der Waals surface area contributed by atoms with Crippen molar-refractivity contribution in [2.24, 2.45) is 0 Å². The van der Waals surface area contributed by atoms with Crippen LogP contribution in [0.25, 0.3) is 0 Å². The summed E-state index contributed by atoms with van der Waals surface area (Å²) in [6.07, 6.45) is -0.883. The molecule has 0 aliphatic rings. The van der Waals surface area contributed by atoms with E-state index in [0.29, 0.717) is 13.0 Å². The molecule has 1 aromatic rings. The maximum absolute atomic E-state index is 8.59. The van der Waals surface area contributed by atoms with Gasteiger partial charge in [-0.25, -0.2) is 0 Å². The number of anilines is 1. The van der Waals surface area contributed by atoms with Gasteiger partial charge in [0.1, 0.15) is 0 Å². The molecule has 0 aliphatic carbocycles. The zero-order chi connectivity index (χ0) is 9.68. The van der Waals surface area contributed by atoms with Crippen molar-refractivity contribution in [3.8, 4) is 0 Å². The quantitative estimate of drug-likeness (QED) is 0.610. The van der Waals surface area contributed by atoms with E-state index in [2.05, 4.69) is 5.32 Å². The first-order valence-corrected chi connectivity index (χ1v) is 4.35. The molecule has 3 nitrogen and oxygen atoms in total. The maximum atomic E-state index is 8.59. The molecule has 0 bridgehead atoms. The molecular weight excluding hydrogens is 166 g/mol. The molecule has 0 atom stereocenters. The van der Waals surface area contributed by atoms with E-state index < -0.39 is 6.29 Å².